The highest BCUT2D eigenvalue weighted by Crippen LogP contribution is 2.37. The SMILES string of the molecule is CC.CC.CC.Cc1ccc(F)cc1[C@H]1NC(=O)c2c(C)c(C)cc(C)c21. The van der Waals surface area contributed by atoms with Gasteiger partial charge < -0.3 is 5.32 Å². The fourth-order valence-corrected chi connectivity index (χ4v) is 3.20. The Morgan fingerprint density at radius 2 is 1.37 bits per heavy atom. The van der Waals surface area contributed by atoms with Crippen LogP contribution in [-0.2, 0) is 0 Å². The molecule has 0 aliphatic carbocycles. The summed E-state index contributed by atoms with van der Waals surface area (Å²) < 4.78 is 13.6. The van der Waals surface area contributed by atoms with E-state index in [1.165, 1.54) is 12.1 Å². The zero-order valence-electron chi connectivity index (χ0n) is 18.7. The van der Waals surface area contributed by atoms with Gasteiger partial charge in [-0.1, -0.05) is 53.7 Å². The molecule has 3 heteroatoms. The zero-order valence-corrected chi connectivity index (χ0v) is 18.7. The van der Waals surface area contributed by atoms with E-state index in [1.54, 1.807) is 6.07 Å². The van der Waals surface area contributed by atoms with E-state index in [4.69, 9.17) is 0 Å². The van der Waals surface area contributed by atoms with Crippen LogP contribution in [0.15, 0.2) is 24.3 Å². The van der Waals surface area contributed by atoms with Crippen LogP contribution >= 0.6 is 0 Å². The maximum atomic E-state index is 13.6. The largest absolute Gasteiger partial charge is 0.341 e. The van der Waals surface area contributed by atoms with Crippen LogP contribution in [0.2, 0.25) is 0 Å². The van der Waals surface area contributed by atoms with E-state index in [0.717, 1.165) is 38.9 Å². The molecule has 2 aromatic carbocycles. The minimum Gasteiger partial charge on any atom is -0.341 e. The molecule has 0 saturated carbocycles. The summed E-state index contributed by atoms with van der Waals surface area (Å²) in [5.41, 5.74) is 6.72. The first-order chi connectivity index (χ1) is 12.9. The van der Waals surface area contributed by atoms with Crippen molar-refractivity contribution in [1.29, 1.82) is 0 Å². The molecule has 0 bridgehead atoms. The highest BCUT2D eigenvalue weighted by Gasteiger charge is 2.34. The van der Waals surface area contributed by atoms with Crippen LogP contribution in [0.5, 0.6) is 0 Å². The van der Waals surface area contributed by atoms with Gasteiger partial charge in [0.05, 0.1) is 6.04 Å². The Kier molecular flexibility index (Phi) is 10.6. The molecule has 2 nitrogen and oxygen atoms in total. The summed E-state index contributed by atoms with van der Waals surface area (Å²) in [6.45, 7) is 19.9. The van der Waals surface area contributed by atoms with Crippen molar-refractivity contribution in [1.82, 2.24) is 5.32 Å². The Labute approximate surface area is 165 Å². The number of halogens is 1. The van der Waals surface area contributed by atoms with Crippen molar-refractivity contribution in [2.45, 2.75) is 75.3 Å². The van der Waals surface area contributed by atoms with Gasteiger partial charge in [0.2, 0.25) is 0 Å². The van der Waals surface area contributed by atoms with E-state index < -0.39 is 0 Å². The standard InChI is InChI=1S/C18H18FNO.3C2H6/c1-9-5-6-13(19)8-14(9)17-15-11(3)7-10(2)12(4)16(15)18(21)20-17;3*1-2/h5-8,17H,1-4H3,(H,20,21);3*1-2H3/t17-;;;/m1.../s1. The molecule has 0 radical (unpaired) electrons. The van der Waals surface area contributed by atoms with E-state index in [2.05, 4.69) is 11.4 Å². The lowest BCUT2D eigenvalue weighted by atomic mass is 9.88. The van der Waals surface area contributed by atoms with Crippen molar-refractivity contribution in [3.8, 4) is 0 Å². The summed E-state index contributed by atoms with van der Waals surface area (Å²) in [6, 6.07) is 6.55. The molecule has 0 aromatic heterocycles. The van der Waals surface area contributed by atoms with Gasteiger partial charge in [0.1, 0.15) is 5.82 Å². The van der Waals surface area contributed by atoms with Gasteiger partial charge in [-0.05, 0) is 73.2 Å². The maximum Gasteiger partial charge on any atom is 0.252 e. The highest BCUT2D eigenvalue weighted by atomic mass is 19.1. The lowest BCUT2D eigenvalue weighted by Gasteiger charge is -2.18. The van der Waals surface area contributed by atoms with Crippen LogP contribution in [-0.4, -0.2) is 5.91 Å². The fraction of sp³-hybridized carbons (Fsp3) is 0.458. The fourth-order valence-electron chi connectivity index (χ4n) is 3.20. The van der Waals surface area contributed by atoms with Gasteiger partial charge in [0, 0.05) is 5.56 Å². The number of amides is 1. The van der Waals surface area contributed by atoms with Crippen LogP contribution in [0.25, 0.3) is 0 Å². The average Bonchev–Trinajstić information content (AvgIpc) is 3.04. The summed E-state index contributed by atoms with van der Waals surface area (Å²) in [6.07, 6.45) is 0. The zero-order chi connectivity index (χ0) is 21.3. The Bertz CT molecular complexity index is 765. The Morgan fingerprint density at radius 3 is 1.93 bits per heavy atom. The second-order valence-corrected chi connectivity index (χ2v) is 5.83. The van der Waals surface area contributed by atoms with Crippen molar-refractivity contribution in [2.75, 3.05) is 0 Å². The minimum absolute atomic E-state index is 0.0667. The number of hydrogen-bond donors (Lipinski definition) is 1. The number of carbonyl (C=O) groups excluding carboxylic acids is 1. The first-order valence-electron chi connectivity index (χ1n) is 10.1. The third-order valence-corrected chi connectivity index (χ3v) is 4.44. The third-order valence-electron chi connectivity index (χ3n) is 4.44. The molecule has 0 unspecified atom stereocenters. The lowest BCUT2D eigenvalue weighted by molar-refractivity contribution is 0.0960. The van der Waals surface area contributed by atoms with Crippen LogP contribution in [0.1, 0.15) is 91.3 Å². The van der Waals surface area contributed by atoms with Crippen molar-refractivity contribution >= 4 is 5.91 Å². The summed E-state index contributed by atoms with van der Waals surface area (Å²) in [5.74, 6) is -0.345. The number of fused-ring (bicyclic) bond motifs is 1. The molecule has 1 aliphatic heterocycles. The quantitative estimate of drug-likeness (QED) is 0.574. The molecule has 150 valence electrons. The summed E-state index contributed by atoms with van der Waals surface area (Å²) in [5, 5.41) is 3.01. The molecule has 3 rings (SSSR count). The molecule has 2 aromatic rings. The number of aryl methyl sites for hydroxylation is 3. The van der Waals surface area contributed by atoms with Gasteiger partial charge in [-0.3, -0.25) is 4.79 Å². The number of carbonyl (C=O) groups is 1. The predicted octanol–water partition coefficient (Wildman–Crippen LogP) is 6.97. The van der Waals surface area contributed by atoms with Crippen LogP contribution in [0.3, 0.4) is 0 Å². The third kappa shape index (κ3) is 5.18. The van der Waals surface area contributed by atoms with E-state index in [0.29, 0.717) is 0 Å². The normalized spacial score (nSPS) is 13.7. The van der Waals surface area contributed by atoms with Crippen LogP contribution in [0.4, 0.5) is 4.39 Å². The van der Waals surface area contributed by atoms with E-state index in [1.807, 2.05) is 69.2 Å². The molecule has 0 fully saturated rings. The Morgan fingerprint density at radius 1 is 0.815 bits per heavy atom. The average molecular weight is 374 g/mol. The number of nitrogens with one attached hydrogen (secondary N) is 1. The first kappa shape index (κ1) is 24.8. The summed E-state index contributed by atoms with van der Waals surface area (Å²) >= 11 is 0. The van der Waals surface area contributed by atoms with Crippen LogP contribution in [0, 0.1) is 33.5 Å². The molecule has 0 saturated heterocycles. The number of hydrogen-bond acceptors (Lipinski definition) is 1. The van der Waals surface area contributed by atoms with Crippen molar-refractivity contribution in [2.24, 2.45) is 0 Å². The second kappa shape index (κ2) is 11.5. The van der Waals surface area contributed by atoms with Gasteiger partial charge in [-0.15, -0.1) is 0 Å². The topological polar surface area (TPSA) is 29.1 Å². The predicted molar refractivity (Wildman–Crippen MR) is 115 cm³/mol. The molecule has 1 aliphatic rings. The molecule has 1 amide bonds. The Balaban J connectivity index is 0.00000103. The van der Waals surface area contributed by atoms with Crippen LogP contribution < -0.4 is 5.32 Å². The monoisotopic (exact) mass is 373 g/mol. The number of rotatable bonds is 1. The summed E-state index contributed by atoms with van der Waals surface area (Å²) in [7, 11) is 0. The van der Waals surface area contributed by atoms with Gasteiger partial charge in [0.25, 0.3) is 5.91 Å². The minimum atomic E-state index is -0.278. The molecule has 1 N–H and O–H groups in total. The van der Waals surface area contributed by atoms with Crippen molar-refractivity contribution in [3.05, 3.63) is 69.0 Å². The molecular formula is C24H36FNO. The molecule has 1 atom stereocenters. The van der Waals surface area contributed by atoms with Gasteiger partial charge in [-0.25, -0.2) is 4.39 Å². The maximum absolute atomic E-state index is 13.6. The van der Waals surface area contributed by atoms with Gasteiger partial charge in [0.15, 0.2) is 0 Å². The smallest absolute Gasteiger partial charge is 0.252 e. The molecule has 1 heterocycles. The van der Waals surface area contributed by atoms with E-state index >= 15 is 0 Å². The van der Waals surface area contributed by atoms with E-state index in [-0.39, 0.29) is 17.8 Å². The van der Waals surface area contributed by atoms with Gasteiger partial charge in [-0.2, -0.15) is 0 Å². The van der Waals surface area contributed by atoms with Crippen molar-refractivity contribution in [3.63, 3.8) is 0 Å². The van der Waals surface area contributed by atoms with Crippen molar-refractivity contribution < 1.29 is 9.18 Å². The van der Waals surface area contributed by atoms with Gasteiger partial charge >= 0.3 is 0 Å². The molecular weight excluding hydrogens is 337 g/mol. The molecule has 27 heavy (non-hydrogen) atoms. The van der Waals surface area contributed by atoms with E-state index in [9.17, 15) is 9.18 Å². The Hall–Kier alpha value is -2.16. The number of benzene rings is 2. The second-order valence-electron chi connectivity index (χ2n) is 5.83. The first-order valence-corrected chi connectivity index (χ1v) is 10.1. The highest BCUT2D eigenvalue weighted by molar-refractivity contribution is 6.02. The summed E-state index contributed by atoms with van der Waals surface area (Å²) in [4.78, 5) is 12.4. The molecule has 0 spiro atoms. The lowest BCUT2D eigenvalue weighted by Crippen LogP contribution is -2.21.